The Kier molecular flexibility index (Phi) is 7.16. The number of nitrogens with zero attached hydrogens (tertiary/aromatic N) is 4. The van der Waals surface area contributed by atoms with E-state index >= 15 is 0 Å². The van der Waals surface area contributed by atoms with Gasteiger partial charge in [0.1, 0.15) is 23.0 Å². The number of anilines is 2. The van der Waals surface area contributed by atoms with Crippen molar-refractivity contribution in [3.63, 3.8) is 0 Å². The molecule has 198 valence electrons. The maximum atomic E-state index is 13.3. The molecule has 1 aliphatic heterocycles. The van der Waals surface area contributed by atoms with Gasteiger partial charge in [-0.3, -0.25) is 13.9 Å². The van der Waals surface area contributed by atoms with Gasteiger partial charge in [0.15, 0.2) is 0 Å². The molecule has 0 aliphatic carbocycles. The first-order chi connectivity index (χ1) is 17.4. The van der Waals surface area contributed by atoms with E-state index in [4.69, 9.17) is 16.3 Å². The fourth-order valence-electron chi connectivity index (χ4n) is 4.16. The summed E-state index contributed by atoms with van der Waals surface area (Å²) in [5, 5.41) is 10.5. The molecule has 0 bridgehead atoms. The van der Waals surface area contributed by atoms with E-state index in [1.54, 1.807) is 36.2 Å². The summed E-state index contributed by atoms with van der Waals surface area (Å²) in [6.45, 7) is 1.54. The van der Waals surface area contributed by atoms with Crippen LogP contribution in [0.1, 0.15) is 12.5 Å². The minimum absolute atomic E-state index is 0.0359. The van der Waals surface area contributed by atoms with Crippen LogP contribution in [0.2, 0.25) is 5.02 Å². The van der Waals surface area contributed by atoms with Crippen molar-refractivity contribution in [2.75, 3.05) is 16.8 Å². The van der Waals surface area contributed by atoms with E-state index in [0.29, 0.717) is 5.02 Å². The number of hydrogen-bond acceptors (Lipinski definition) is 7. The summed E-state index contributed by atoms with van der Waals surface area (Å²) >= 11 is 6.01. The van der Waals surface area contributed by atoms with Crippen LogP contribution in [0.4, 0.5) is 24.7 Å². The molecule has 1 aliphatic rings. The molecule has 2 heterocycles. The molecule has 2 unspecified atom stereocenters. The Morgan fingerprint density at radius 1 is 1.08 bits per heavy atom. The number of ether oxygens (including phenoxy) is 2. The number of aliphatic hydroxyl groups excluding tert-OH is 1. The molecule has 0 saturated heterocycles. The summed E-state index contributed by atoms with van der Waals surface area (Å²) in [6, 6.07) is 11.9. The Morgan fingerprint density at radius 3 is 2.35 bits per heavy atom. The summed E-state index contributed by atoms with van der Waals surface area (Å²) in [7, 11) is 2.91. The van der Waals surface area contributed by atoms with Gasteiger partial charge in [0.2, 0.25) is 0 Å². The SMILES string of the molecule is CC(O)Cn1c2c(c(=O)n(C)c1=O)N(Cc1ccc(Cl)cc1)C(Oc1cccc(OC(F)(F)F)c1)N2C. The van der Waals surface area contributed by atoms with E-state index in [-0.39, 0.29) is 30.3 Å². The van der Waals surface area contributed by atoms with Crippen molar-refractivity contribution in [3.8, 4) is 11.5 Å². The third kappa shape index (κ3) is 5.54. The van der Waals surface area contributed by atoms with Crippen molar-refractivity contribution < 1.29 is 27.8 Å². The van der Waals surface area contributed by atoms with E-state index in [1.807, 2.05) is 0 Å². The first kappa shape index (κ1) is 26.4. The van der Waals surface area contributed by atoms with Crippen LogP contribution < -0.4 is 30.5 Å². The van der Waals surface area contributed by atoms with Gasteiger partial charge in [0.25, 0.3) is 11.9 Å². The highest BCUT2D eigenvalue weighted by Crippen LogP contribution is 2.38. The van der Waals surface area contributed by atoms with Crippen LogP contribution >= 0.6 is 11.6 Å². The lowest BCUT2D eigenvalue weighted by Crippen LogP contribution is -2.46. The smallest absolute Gasteiger partial charge is 0.452 e. The number of hydrogen-bond donors (Lipinski definition) is 1. The largest absolute Gasteiger partial charge is 0.573 e. The van der Waals surface area contributed by atoms with Gasteiger partial charge in [-0.05, 0) is 36.8 Å². The minimum atomic E-state index is -4.89. The predicted octanol–water partition coefficient (Wildman–Crippen LogP) is 3.30. The number of alkyl halides is 3. The van der Waals surface area contributed by atoms with Crippen LogP contribution in [0.25, 0.3) is 0 Å². The molecule has 3 aromatic rings. The van der Waals surface area contributed by atoms with Crippen molar-refractivity contribution in [2.45, 2.75) is 38.8 Å². The first-order valence-corrected chi connectivity index (χ1v) is 11.5. The standard InChI is InChI=1S/C24H24ClF3N4O5/c1-14(33)12-32-20-19(21(34)30(3)22(32)35)31(13-15-7-9-16(25)10-8-15)23(29(20)2)36-17-5-4-6-18(11-17)37-24(26,27)28/h4-11,14,23,33H,12-13H2,1-3H3. The molecule has 0 fully saturated rings. The Labute approximate surface area is 214 Å². The topological polar surface area (TPSA) is 89.2 Å². The van der Waals surface area contributed by atoms with Gasteiger partial charge in [-0.2, -0.15) is 0 Å². The summed E-state index contributed by atoms with van der Waals surface area (Å²) in [6.07, 6.45) is -6.83. The zero-order chi connectivity index (χ0) is 27.1. The number of aromatic nitrogens is 2. The summed E-state index contributed by atoms with van der Waals surface area (Å²) in [5.41, 5.74) is -0.344. The quantitative estimate of drug-likeness (QED) is 0.492. The molecular formula is C24H24ClF3N4O5. The minimum Gasteiger partial charge on any atom is -0.452 e. The van der Waals surface area contributed by atoms with Crippen LogP contribution in [0.5, 0.6) is 11.5 Å². The molecule has 13 heteroatoms. The maximum Gasteiger partial charge on any atom is 0.573 e. The lowest BCUT2D eigenvalue weighted by molar-refractivity contribution is -0.274. The lowest BCUT2D eigenvalue weighted by atomic mass is 10.2. The molecule has 2 atom stereocenters. The molecule has 2 aromatic carbocycles. The maximum absolute atomic E-state index is 13.3. The van der Waals surface area contributed by atoms with Crippen LogP contribution in [0.3, 0.4) is 0 Å². The van der Waals surface area contributed by atoms with Crippen LogP contribution in [-0.4, -0.2) is 40.1 Å². The highest BCUT2D eigenvalue weighted by molar-refractivity contribution is 6.30. The third-order valence-electron chi connectivity index (χ3n) is 5.71. The average molecular weight is 541 g/mol. The molecule has 37 heavy (non-hydrogen) atoms. The molecular weight excluding hydrogens is 517 g/mol. The Bertz CT molecular complexity index is 1410. The Hall–Kier alpha value is -3.64. The van der Waals surface area contributed by atoms with E-state index in [9.17, 15) is 27.9 Å². The van der Waals surface area contributed by atoms with Crippen molar-refractivity contribution in [3.05, 3.63) is 80.0 Å². The number of benzene rings is 2. The molecule has 1 N–H and O–H groups in total. The summed E-state index contributed by atoms with van der Waals surface area (Å²) in [5.74, 6) is -0.237. The second-order valence-corrected chi connectivity index (χ2v) is 9.05. The van der Waals surface area contributed by atoms with E-state index < -0.39 is 35.8 Å². The fraction of sp³-hybridized carbons (Fsp3) is 0.333. The Morgan fingerprint density at radius 2 is 1.73 bits per heavy atom. The molecule has 4 rings (SSSR count). The number of fused-ring (bicyclic) bond motifs is 1. The van der Waals surface area contributed by atoms with Crippen molar-refractivity contribution in [2.24, 2.45) is 7.05 Å². The number of rotatable bonds is 7. The van der Waals surface area contributed by atoms with Crippen LogP contribution in [-0.2, 0) is 20.1 Å². The van der Waals surface area contributed by atoms with Crippen molar-refractivity contribution >= 4 is 23.1 Å². The third-order valence-corrected chi connectivity index (χ3v) is 5.96. The predicted molar refractivity (Wildman–Crippen MR) is 131 cm³/mol. The van der Waals surface area contributed by atoms with Gasteiger partial charge in [-0.15, -0.1) is 13.2 Å². The summed E-state index contributed by atoms with van der Waals surface area (Å²) in [4.78, 5) is 29.4. The monoisotopic (exact) mass is 540 g/mol. The van der Waals surface area contributed by atoms with Gasteiger partial charge >= 0.3 is 12.1 Å². The number of aliphatic hydroxyl groups is 1. The van der Waals surface area contributed by atoms with Gasteiger partial charge in [0.05, 0.1) is 12.6 Å². The average Bonchev–Trinajstić information content (AvgIpc) is 3.07. The van der Waals surface area contributed by atoms with Gasteiger partial charge in [-0.1, -0.05) is 29.8 Å². The van der Waals surface area contributed by atoms with Crippen molar-refractivity contribution in [1.29, 1.82) is 0 Å². The lowest BCUT2D eigenvalue weighted by Gasteiger charge is -2.30. The first-order valence-electron chi connectivity index (χ1n) is 11.1. The zero-order valence-corrected chi connectivity index (χ0v) is 20.8. The van der Waals surface area contributed by atoms with E-state index in [2.05, 4.69) is 4.74 Å². The second kappa shape index (κ2) is 10.0. The highest BCUT2D eigenvalue weighted by Gasteiger charge is 2.41. The highest BCUT2D eigenvalue weighted by atomic mass is 35.5. The van der Waals surface area contributed by atoms with Crippen LogP contribution in [0, 0.1) is 0 Å². The van der Waals surface area contributed by atoms with Gasteiger partial charge < -0.3 is 24.4 Å². The molecule has 9 nitrogen and oxygen atoms in total. The summed E-state index contributed by atoms with van der Waals surface area (Å²) < 4.78 is 50.5. The Balaban J connectivity index is 1.82. The van der Waals surface area contributed by atoms with Crippen molar-refractivity contribution in [1.82, 2.24) is 9.13 Å². The molecule has 0 amide bonds. The normalized spacial score (nSPS) is 16.1. The zero-order valence-electron chi connectivity index (χ0n) is 20.1. The van der Waals surface area contributed by atoms with E-state index in [0.717, 1.165) is 22.3 Å². The number of halogens is 4. The molecule has 1 aromatic heterocycles. The van der Waals surface area contributed by atoms with Gasteiger partial charge in [0, 0.05) is 31.7 Å². The second-order valence-electron chi connectivity index (χ2n) is 8.61. The molecule has 0 saturated carbocycles. The molecule has 0 radical (unpaired) electrons. The fourth-order valence-corrected chi connectivity index (χ4v) is 4.28. The van der Waals surface area contributed by atoms with E-state index in [1.165, 1.54) is 35.6 Å². The van der Waals surface area contributed by atoms with Gasteiger partial charge in [-0.25, -0.2) is 4.79 Å². The van der Waals surface area contributed by atoms with Crippen LogP contribution in [0.15, 0.2) is 58.1 Å². The molecule has 0 spiro atoms.